The average Bonchev–Trinajstić information content (AvgIpc) is 3.15. The smallest absolute Gasteiger partial charge is 0.416 e. The van der Waals surface area contributed by atoms with Crippen LogP contribution in [0.5, 0.6) is 5.75 Å². The second-order valence-electron chi connectivity index (χ2n) is 8.27. The molecule has 1 heterocycles. The Hall–Kier alpha value is -2.99. The van der Waals surface area contributed by atoms with Crippen LogP contribution in [0, 0.1) is 0 Å². The number of aliphatic hydroxyl groups excluding tert-OH is 1. The topological polar surface area (TPSA) is 103 Å². The molecule has 0 fully saturated rings. The Morgan fingerprint density at radius 1 is 1.06 bits per heavy atom. The summed E-state index contributed by atoms with van der Waals surface area (Å²) in [6, 6.07) is 13.4. The van der Waals surface area contributed by atoms with Crippen LogP contribution < -0.4 is 14.8 Å². The molecule has 0 spiro atoms. The van der Waals surface area contributed by atoms with Crippen LogP contribution in [0.3, 0.4) is 0 Å². The Bertz CT molecular complexity index is 1510. The Balaban J connectivity index is 1.32. The van der Waals surface area contributed by atoms with Crippen LogP contribution in [0.2, 0.25) is 5.02 Å². The van der Waals surface area contributed by atoms with Crippen LogP contribution in [-0.4, -0.2) is 44.5 Å². The maximum absolute atomic E-state index is 13.0. The fraction of sp³-hybridized carbons (Fsp3) is 0.250. The van der Waals surface area contributed by atoms with Crippen LogP contribution in [0.1, 0.15) is 17.2 Å². The highest BCUT2D eigenvalue weighted by molar-refractivity contribution is 7.92. The highest BCUT2D eigenvalue weighted by Gasteiger charge is 2.30. The number of H-pyrrole nitrogens is 1. The van der Waals surface area contributed by atoms with E-state index in [4.69, 9.17) is 16.3 Å². The SMILES string of the molecule is CS(=O)(=O)Nc1cc([C@H](O)CNCCOc2ccc3c(c2)[nH]c2cc(C(F)(F)F)ccc23)ccc1Cl. The number of aliphatic hydroxyl groups is 1. The summed E-state index contributed by atoms with van der Waals surface area (Å²) in [6.07, 6.45) is -4.32. The molecular formula is C24H23ClF3N3O4S. The number of ether oxygens (including phenoxy) is 1. The van der Waals surface area contributed by atoms with Gasteiger partial charge in [-0.2, -0.15) is 13.2 Å². The number of halogens is 4. The lowest BCUT2D eigenvalue weighted by Crippen LogP contribution is -2.26. The first-order chi connectivity index (χ1) is 16.9. The number of hydrogen-bond donors (Lipinski definition) is 4. The third-order valence-corrected chi connectivity index (χ3v) is 6.37. The molecule has 4 rings (SSSR count). The summed E-state index contributed by atoms with van der Waals surface area (Å²) in [5.74, 6) is 0.543. The zero-order valence-corrected chi connectivity index (χ0v) is 20.6. The lowest BCUT2D eigenvalue weighted by Gasteiger charge is -2.15. The van der Waals surface area contributed by atoms with Crippen molar-refractivity contribution < 1.29 is 31.4 Å². The monoisotopic (exact) mass is 541 g/mol. The normalized spacial score (nSPS) is 13.3. The quantitative estimate of drug-likeness (QED) is 0.222. The third-order valence-electron chi connectivity index (χ3n) is 5.45. The number of alkyl halides is 3. The fourth-order valence-electron chi connectivity index (χ4n) is 3.78. The first-order valence-electron chi connectivity index (χ1n) is 10.8. The van der Waals surface area contributed by atoms with Gasteiger partial charge in [0.15, 0.2) is 0 Å². The minimum absolute atomic E-state index is 0.182. The predicted octanol–water partition coefficient (Wildman–Crippen LogP) is 5.07. The lowest BCUT2D eigenvalue weighted by molar-refractivity contribution is -0.137. The highest BCUT2D eigenvalue weighted by Crippen LogP contribution is 2.34. The van der Waals surface area contributed by atoms with Gasteiger partial charge >= 0.3 is 6.18 Å². The summed E-state index contributed by atoms with van der Waals surface area (Å²) in [4.78, 5) is 3.01. The molecule has 0 aliphatic carbocycles. The summed E-state index contributed by atoms with van der Waals surface area (Å²) in [7, 11) is -3.52. The number of fused-ring (bicyclic) bond motifs is 3. The highest BCUT2D eigenvalue weighted by atomic mass is 35.5. The van der Waals surface area contributed by atoms with E-state index >= 15 is 0 Å². The number of anilines is 1. The van der Waals surface area contributed by atoms with Gasteiger partial charge in [-0.05, 0) is 42.0 Å². The van der Waals surface area contributed by atoms with E-state index in [0.717, 1.165) is 23.8 Å². The molecule has 12 heteroatoms. The summed E-state index contributed by atoms with van der Waals surface area (Å²) >= 11 is 6.01. The molecule has 3 aromatic carbocycles. The first kappa shape index (κ1) is 26.1. The molecule has 0 aliphatic rings. The van der Waals surface area contributed by atoms with Crippen molar-refractivity contribution in [2.24, 2.45) is 0 Å². The molecule has 0 bridgehead atoms. The number of hydrogen-bond acceptors (Lipinski definition) is 5. The number of benzene rings is 3. The predicted molar refractivity (Wildman–Crippen MR) is 134 cm³/mol. The maximum Gasteiger partial charge on any atom is 0.416 e. The standard InChI is InChI=1S/C24H23ClF3N3O4S/c1-36(33,34)31-22-10-14(2-7-19(22)25)23(32)13-29-8-9-35-16-4-6-18-17-5-3-15(24(26,27)28)11-20(17)30-21(18)12-16/h2-7,10-12,23,29-32H,8-9,13H2,1H3/t23-/m1/s1. The Morgan fingerprint density at radius 2 is 1.75 bits per heavy atom. The lowest BCUT2D eigenvalue weighted by atomic mass is 10.1. The van der Waals surface area contributed by atoms with Crippen molar-refractivity contribution in [2.75, 3.05) is 30.7 Å². The van der Waals surface area contributed by atoms with Crippen molar-refractivity contribution in [3.63, 3.8) is 0 Å². The van der Waals surface area contributed by atoms with Gasteiger partial charge in [0.1, 0.15) is 12.4 Å². The van der Waals surface area contributed by atoms with Crippen molar-refractivity contribution in [3.8, 4) is 5.75 Å². The van der Waals surface area contributed by atoms with Crippen molar-refractivity contribution in [1.29, 1.82) is 0 Å². The number of sulfonamides is 1. The largest absolute Gasteiger partial charge is 0.492 e. The maximum atomic E-state index is 13.0. The molecule has 0 amide bonds. The van der Waals surface area contributed by atoms with Gasteiger partial charge in [0.25, 0.3) is 0 Å². The van der Waals surface area contributed by atoms with Crippen molar-refractivity contribution in [1.82, 2.24) is 10.3 Å². The van der Waals surface area contributed by atoms with Crippen LogP contribution in [-0.2, 0) is 16.2 Å². The molecule has 36 heavy (non-hydrogen) atoms. The van der Waals surface area contributed by atoms with Crippen molar-refractivity contribution in [3.05, 3.63) is 70.7 Å². The fourth-order valence-corrected chi connectivity index (χ4v) is 4.57. The van der Waals surface area contributed by atoms with E-state index in [0.29, 0.717) is 34.3 Å². The summed E-state index contributed by atoms with van der Waals surface area (Å²) in [5.41, 5.74) is 1.00. The van der Waals surface area contributed by atoms with E-state index in [1.54, 1.807) is 24.3 Å². The first-order valence-corrected chi connectivity index (χ1v) is 13.1. The van der Waals surface area contributed by atoms with E-state index in [2.05, 4.69) is 15.0 Å². The van der Waals surface area contributed by atoms with Gasteiger partial charge in [-0.25, -0.2) is 8.42 Å². The molecule has 0 aliphatic heterocycles. The second kappa shape index (κ2) is 10.2. The molecule has 1 aromatic heterocycles. The Morgan fingerprint density at radius 3 is 2.44 bits per heavy atom. The van der Waals surface area contributed by atoms with Gasteiger partial charge in [-0.15, -0.1) is 0 Å². The number of nitrogens with one attached hydrogen (secondary N) is 3. The van der Waals surface area contributed by atoms with Gasteiger partial charge < -0.3 is 20.1 Å². The van der Waals surface area contributed by atoms with E-state index in [9.17, 15) is 26.7 Å². The number of rotatable bonds is 9. The molecule has 1 atom stereocenters. The summed E-state index contributed by atoms with van der Waals surface area (Å²) in [6.45, 7) is 0.864. The van der Waals surface area contributed by atoms with Gasteiger partial charge in [-0.3, -0.25) is 4.72 Å². The van der Waals surface area contributed by atoms with Crippen LogP contribution >= 0.6 is 11.6 Å². The molecule has 0 unspecified atom stereocenters. The minimum atomic E-state index is -4.41. The molecule has 0 saturated carbocycles. The number of aromatic nitrogens is 1. The van der Waals surface area contributed by atoms with E-state index in [-0.39, 0.29) is 23.9 Å². The number of aromatic amines is 1. The Labute approximate surface area is 210 Å². The van der Waals surface area contributed by atoms with Crippen LogP contribution in [0.25, 0.3) is 21.8 Å². The van der Waals surface area contributed by atoms with Gasteiger partial charge in [0, 0.05) is 35.4 Å². The molecule has 4 N–H and O–H groups in total. The molecule has 0 saturated heterocycles. The van der Waals surface area contributed by atoms with Crippen molar-refractivity contribution >= 4 is 49.1 Å². The van der Waals surface area contributed by atoms with Crippen LogP contribution in [0.15, 0.2) is 54.6 Å². The minimum Gasteiger partial charge on any atom is -0.492 e. The zero-order valence-electron chi connectivity index (χ0n) is 19.0. The van der Waals surface area contributed by atoms with Crippen molar-refractivity contribution in [2.45, 2.75) is 12.3 Å². The third kappa shape index (κ3) is 6.22. The molecule has 0 radical (unpaired) electrons. The van der Waals surface area contributed by atoms with Gasteiger partial charge in [0.2, 0.25) is 10.0 Å². The van der Waals surface area contributed by atoms with Gasteiger partial charge in [0.05, 0.1) is 34.1 Å². The van der Waals surface area contributed by atoms with Gasteiger partial charge in [-0.1, -0.05) is 23.7 Å². The molecule has 192 valence electrons. The molecular weight excluding hydrogens is 519 g/mol. The molecule has 7 nitrogen and oxygen atoms in total. The molecule has 4 aromatic rings. The van der Waals surface area contributed by atoms with Crippen LogP contribution in [0.4, 0.5) is 18.9 Å². The summed E-state index contributed by atoms with van der Waals surface area (Å²) in [5, 5.41) is 15.2. The van der Waals surface area contributed by atoms with E-state index in [1.165, 1.54) is 18.2 Å². The van der Waals surface area contributed by atoms with E-state index in [1.807, 2.05) is 0 Å². The van der Waals surface area contributed by atoms with E-state index < -0.39 is 27.9 Å². The average molecular weight is 542 g/mol. The second-order valence-corrected chi connectivity index (χ2v) is 10.4. The summed E-state index contributed by atoms with van der Waals surface area (Å²) < 4.78 is 69.9. The zero-order chi connectivity index (χ0) is 26.1. The Kier molecular flexibility index (Phi) is 7.37.